The summed E-state index contributed by atoms with van der Waals surface area (Å²) in [5.41, 5.74) is 0.783. The third-order valence-electron chi connectivity index (χ3n) is 5.70. The number of hydrogen-bond acceptors (Lipinski definition) is 5. The zero-order valence-corrected chi connectivity index (χ0v) is 18.2. The number of carbonyl (C=O) groups is 1. The van der Waals surface area contributed by atoms with E-state index >= 15 is 0 Å². The molecule has 3 aromatic rings. The molecule has 1 fully saturated rings. The zero-order valence-electron chi connectivity index (χ0n) is 18.2. The Balaban J connectivity index is 1.72. The van der Waals surface area contributed by atoms with Crippen LogP contribution >= 0.6 is 0 Å². The lowest BCUT2D eigenvalue weighted by molar-refractivity contribution is 0.0726. The molecule has 4 rings (SSSR count). The number of halogens is 1. The smallest absolute Gasteiger partial charge is 0.278 e. The minimum absolute atomic E-state index is 0.178. The molecule has 1 aromatic heterocycles. The number of rotatable bonds is 5. The molecule has 166 valence electrons. The average molecular weight is 437 g/mol. The SMILES string of the molecule is COc1ccc([C@@H]2CCCN2C(=O)c2nn(-c3ccccc3F)c(C)cc2=O)cc1OC. The number of ether oxygens (including phenoxy) is 2. The predicted octanol–water partition coefficient (Wildman–Crippen LogP) is 3.67. The maximum Gasteiger partial charge on any atom is 0.278 e. The van der Waals surface area contributed by atoms with Crippen LogP contribution in [0.1, 0.15) is 40.6 Å². The van der Waals surface area contributed by atoms with Gasteiger partial charge in [0.2, 0.25) is 5.43 Å². The number of carbonyl (C=O) groups excluding carboxylic acids is 1. The van der Waals surface area contributed by atoms with E-state index in [0.29, 0.717) is 23.7 Å². The second kappa shape index (κ2) is 8.82. The Morgan fingerprint density at radius 2 is 1.84 bits per heavy atom. The first kappa shape index (κ1) is 21.5. The van der Waals surface area contributed by atoms with E-state index in [9.17, 15) is 14.0 Å². The number of aromatic nitrogens is 2. The van der Waals surface area contributed by atoms with Crippen LogP contribution in [0.2, 0.25) is 0 Å². The fourth-order valence-electron chi connectivity index (χ4n) is 4.12. The summed E-state index contributed by atoms with van der Waals surface area (Å²) in [6.07, 6.45) is 1.53. The van der Waals surface area contributed by atoms with Gasteiger partial charge in [0.25, 0.3) is 5.91 Å². The van der Waals surface area contributed by atoms with Crippen molar-refractivity contribution < 1.29 is 18.7 Å². The molecule has 1 aliphatic rings. The second-order valence-corrected chi connectivity index (χ2v) is 7.63. The van der Waals surface area contributed by atoms with E-state index in [0.717, 1.165) is 18.4 Å². The van der Waals surface area contributed by atoms with Crippen molar-refractivity contribution in [1.82, 2.24) is 14.7 Å². The summed E-state index contributed by atoms with van der Waals surface area (Å²) in [6, 6.07) is 12.7. The van der Waals surface area contributed by atoms with Crippen molar-refractivity contribution in [1.29, 1.82) is 0 Å². The second-order valence-electron chi connectivity index (χ2n) is 7.63. The molecule has 0 saturated carbocycles. The Bertz CT molecular complexity index is 1220. The van der Waals surface area contributed by atoms with E-state index in [1.807, 2.05) is 12.1 Å². The molecule has 0 N–H and O–H groups in total. The summed E-state index contributed by atoms with van der Waals surface area (Å²) >= 11 is 0. The van der Waals surface area contributed by atoms with Crippen LogP contribution in [0.15, 0.2) is 53.3 Å². The van der Waals surface area contributed by atoms with Gasteiger partial charge >= 0.3 is 0 Å². The lowest BCUT2D eigenvalue weighted by Gasteiger charge is -2.25. The topological polar surface area (TPSA) is 73.7 Å². The molecule has 0 radical (unpaired) electrons. The van der Waals surface area contributed by atoms with Gasteiger partial charge in [-0.1, -0.05) is 18.2 Å². The van der Waals surface area contributed by atoms with Crippen molar-refractivity contribution >= 4 is 5.91 Å². The fourth-order valence-corrected chi connectivity index (χ4v) is 4.12. The average Bonchev–Trinajstić information content (AvgIpc) is 3.29. The first-order valence-electron chi connectivity index (χ1n) is 10.3. The fraction of sp³-hybridized carbons (Fsp3) is 0.292. The van der Waals surface area contributed by atoms with Crippen LogP contribution < -0.4 is 14.9 Å². The van der Waals surface area contributed by atoms with E-state index in [4.69, 9.17) is 9.47 Å². The summed E-state index contributed by atoms with van der Waals surface area (Å²) in [5.74, 6) is 0.201. The largest absolute Gasteiger partial charge is 0.493 e. The summed E-state index contributed by atoms with van der Waals surface area (Å²) in [7, 11) is 3.12. The lowest BCUT2D eigenvalue weighted by Crippen LogP contribution is -2.36. The Hall–Kier alpha value is -3.68. The highest BCUT2D eigenvalue weighted by Crippen LogP contribution is 2.37. The van der Waals surface area contributed by atoms with Gasteiger partial charge in [0, 0.05) is 18.3 Å². The first-order chi connectivity index (χ1) is 15.4. The summed E-state index contributed by atoms with van der Waals surface area (Å²) < 4.78 is 26.3. The van der Waals surface area contributed by atoms with Crippen LogP contribution in [0.4, 0.5) is 4.39 Å². The summed E-state index contributed by atoms with van der Waals surface area (Å²) in [4.78, 5) is 27.7. The molecule has 2 aromatic carbocycles. The highest BCUT2D eigenvalue weighted by atomic mass is 19.1. The molecular formula is C24H24FN3O4. The quantitative estimate of drug-likeness (QED) is 0.609. The number of benzene rings is 2. The van der Waals surface area contributed by atoms with E-state index in [-0.39, 0.29) is 17.4 Å². The van der Waals surface area contributed by atoms with Crippen molar-refractivity contribution in [2.45, 2.75) is 25.8 Å². The molecule has 1 saturated heterocycles. The van der Waals surface area contributed by atoms with E-state index in [1.54, 1.807) is 50.3 Å². The highest BCUT2D eigenvalue weighted by molar-refractivity contribution is 5.92. The van der Waals surface area contributed by atoms with Gasteiger partial charge in [-0.15, -0.1) is 0 Å². The molecule has 2 heterocycles. The van der Waals surface area contributed by atoms with Crippen LogP contribution in [0.5, 0.6) is 11.5 Å². The molecule has 1 amide bonds. The Labute approximate surface area is 185 Å². The van der Waals surface area contributed by atoms with Gasteiger partial charge in [-0.05, 0) is 49.6 Å². The standard InChI is InChI=1S/C24H24FN3O4/c1-15-13-20(29)23(26-28(15)19-8-5-4-7-17(19)25)24(30)27-12-6-9-18(27)16-10-11-21(31-2)22(14-16)32-3/h4-5,7-8,10-11,13-14,18H,6,9,12H2,1-3H3/t18-/m0/s1. The number of amides is 1. The molecule has 0 aliphatic carbocycles. The minimum Gasteiger partial charge on any atom is -0.493 e. The molecule has 0 unspecified atom stereocenters. The number of likely N-dealkylation sites (tertiary alicyclic amines) is 1. The van der Waals surface area contributed by atoms with Gasteiger partial charge in [-0.25, -0.2) is 9.07 Å². The zero-order chi connectivity index (χ0) is 22.8. The van der Waals surface area contributed by atoms with E-state index < -0.39 is 17.2 Å². The maximum absolute atomic E-state index is 14.3. The lowest BCUT2D eigenvalue weighted by atomic mass is 10.0. The van der Waals surface area contributed by atoms with Crippen LogP contribution in [0.3, 0.4) is 0 Å². The van der Waals surface area contributed by atoms with Crippen molar-refractivity contribution in [3.8, 4) is 17.2 Å². The Morgan fingerprint density at radius 1 is 1.09 bits per heavy atom. The van der Waals surface area contributed by atoms with E-state index in [2.05, 4.69) is 5.10 Å². The van der Waals surface area contributed by atoms with E-state index in [1.165, 1.54) is 16.8 Å². The molecule has 8 heteroatoms. The van der Waals surface area contributed by atoms with Crippen LogP contribution in [-0.2, 0) is 0 Å². The number of methoxy groups -OCH3 is 2. The molecule has 32 heavy (non-hydrogen) atoms. The Morgan fingerprint density at radius 3 is 2.56 bits per heavy atom. The maximum atomic E-state index is 14.3. The summed E-state index contributed by atoms with van der Waals surface area (Å²) in [6.45, 7) is 2.14. The number of aryl methyl sites for hydroxylation is 1. The monoisotopic (exact) mass is 437 g/mol. The number of para-hydroxylation sites is 1. The van der Waals surface area contributed by atoms with Gasteiger partial charge < -0.3 is 14.4 Å². The Kier molecular flexibility index (Phi) is 5.94. The van der Waals surface area contributed by atoms with Gasteiger partial charge in [0.1, 0.15) is 11.5 Å². The van der Waals surface area contributed by atoms with Crippen molar-refractivity contribution in [3.63, 3.8) is 0 Å². The summed E-state index contributed by atoms with van der Waals surface area (Å²) in [5, 5.41) is 4.26. The van der Waals surface area contributed by atoms with Crippen LogP contribution in [-0.4, -0.2) is 41.4 Å². The molecular weight excluding hydrogens is 413 g/mol. The third kappa shape index (κ3) is 3.84. The number of hydrogen-bond donors (Lipinski definition) is 0. The van der Waals surface area contributed by atoms with Gasteiger partial charge in [0.15, 0.2) is 17.2 Å². The predicted molar refractivity (Wildman–Crippen MR) is 117 cm³/mol. The molecule has 0 bridgehead atoms. The molecule has 7 nitrogen and oxygen atoms in total. The van der Waals surface area contributed by atoms with Gasteiger partial charge in [-0.2, -0.15) is 5.10 Å². The number of nitrogens with zero attached hydrogens (tertiary/aromatic N) is 3. The van der Waals surface area contributed by atoms with Gasteiger partial charge in [-0.3, -0.25) is 9.59 Å². The highest BCUT2D eigenvalue weighted by Gasteiger charge is 2.33. The van der Waals surface area contributed by atoms with Crippen LogP contribution in [0.25, 0.3) is 5.69 Å². The third-order valence-corrected chi connectivity index (χ3v) is 5.70. The molecule has 1 atom stereocenters. The minimum atomic E-state index is -0.491. The van der Waals surface area contributed by atoms with Crippen LogP contribution in [0, 0.1) is 12.7 Å². The molecule has 0 spiro atoms. The van der Waals surface area contributed by atoms with Crippen molar-refractivity contribution in [3.05, 3.63) is 81.5 Å². The van der Waals surface area contributed by atoms with Gasteiger partial charge in [0.05, 0.1) is 20.3 Å². The van der Waals surface area contributed by atoms with Crippen molar-refractivity contribution in [2.24, 2.45) is 0 Å². The first-order valence-corrected chi connectivity index (χ1v) is 10.3. The molecule has 1 aliphatic heterocycles. The van der Waals surface area contributed by atoms with Crippen molar-refractivity contribution in [2.75, 3.05) is 20.8 Å². The normalized spacial score (nSPS) is 15.6.